The zero-order valence-corrected chi connectivity index (χ0v) is 10.6. The first kappa shape index (κ1) is 12.4. The van der Waals surface area contributed by atoms with Gasteiger partial charge in [-0.15, -0.1) is 0 Å². The van der Waals surface area contributed by atoms with Crippen molar-refractivity contribution in [1.29, 1.82) is 0 Å². The molecule has 0 spiro atoms. The first-order chi connectivity index (χ1) is 8.15. The summed E-state index contributed by atoms with van der Waals surface area (Å²) in [7, 11) is 0. The van der Waals surface area contributed by atoms with Gasteiger partial charge in [0.25, 0.3) is 0 Å². The second-order valence-corrected chi connectivity index (χ2v) is 5.49. The van der Waals surface area contributed by atoms with Crippen molar-refractivity contribution in [2.45, 2.75) is 39.0 Å². The van der Waals surface area contributed by atoms with E-state index in [1.165, 1.54) is 25.7 Å². The van der Waals surface area contributed by atoms with Gasteiger partial charge in [-0.1, -0.05) is 19.8 Å². The highest BCUT2D eigenvalue weighted by molar-refractivity contribution is 5.87. The summed E-state index contributed by atoms with van der Waals surface area (Å²) >= 11 is 0. The summed E-state index contributed by atoms with van der Waals surface area (Å²) in [4.78, 5) is 24.9. The fourth-order valence-corrected chi connectivity index (χ4v) is 2.75. The summed E-state index contributed by atoms with van der Waals surface area (Å²) in [6.45, 7) is 3.93. The van der Waals surface area contributed by atoms with E-state index in [0.29, 0.717) is 18.9 Å². The maximum absolute atomic E-state index is 11.8. The summed E-state index contributed by atoms with van der Waals surface area (Å²) in [6.07, 6.45) is 5.47. The third kappa shape index (κ3) is 3.45. The van der Waals surface area contributed by atoms with Crippen molar-refractivity contribution < 1.29 is 9.59 Å². The monoisotopic (exact) mass is 238 g/mol. The van der Waals surface area contributed by atoms with Gasteiger partial charge in [0.15, 0.2) is 0 Å². The Hall–Kier alpha value is -1.06. The normalized spacial score (nSPS) is 31.0. The van der Waals surface area contributed by atoms with Crippen molar-refractivity contribution in [2.24, 2.45) is 11.8 Å². The molecule has 0 aromatic heterocycles. The van der Waals surface area contributed by atoms with Gasteiger partial charge >= 0.3 is 0 Å². The average molecular weight is 238 g/mol. The van der Waals surface area contributed by atoms with Crippen LogP contribution in [0.5, 0.6) is 0 Å². The van der Waals surface area contributed by atoms with Gasteiger partial charge in [-0.25, -0.2) is 0 Å². The molecule has 2 aliphatic rings. The zero-order chi connectivity index (χ0) is 12.3. The molecule has 1 aliphatic carbocycles. The van der Waals surface area contributed by atoms with E-state index in [4.69, 9.17) is 0 Å². The van der Waals surface area contributed by atoms with E-state index < -0.39 is 0 Å². The van der Waals surface area contributed by atoms with Crippen molar-refractivity contribution in [3.05, 3.63) is 0 Å². The van der Waals surface area contributed by atoms with Crippen LogP contribution in [0.2, 0.25) is 0 Å². The maximum atomic E-state index is 11.8. The second kappa shape index (κ2) is 5.52. The molecule has 2 rings (SSSR count). The van der Waals surface area contributed by atoms with E-state index in [1.807, 2.05) is 4.90 Å². The lowest BCUT2D eigenvalue weighted by Crippen LogP contribution is -2.39. The predicted molar refractivity (Wildman–Crippen MR) is 65.3 cm³/mol. The lowest BCUT2D eigenvalue weighted by atomic mass is 9.83. The van der Waals surface area contributed by atoms with Gasteiger partial charge in [0.05, 0.1) is 6.54 Å². The van der Waals surface area contributed by atoms with E-state index in [1.54, 1.807) is 0 Å². The number of carbonyl (C=O) groups excluding carboxylic acids is 2. The molecular formula is C13H22N2O2. The van der Waals surface area contributed by atoms with Crippen molar-refractivity contribution in [3.8, 4) is 0 Å². The molecule has 4 heteroatoms. The Morgan fingerprint density at radius 2 is 1.94 bits per heavy atom. The fraction of sp³-hybridized carbons (Fsp3) is 0.846. The van der Waals surface area contributed by atoms with Crippen molar-refractivity contribution in [2.75, 3.05) is 19.6 Å². The van der Waals surface area contributed by atoms with Gasteiger partial charge in [-0.05, 0) is 24.7 Å². The van der Waals surface area contributed by atoms with Crippen LogP contribution >= 0.6 is 0 Å². The molecule has 0 aromatic rings. The highest BCUT2D eigenvalue weighted by Gasteiger charge is 2.25. The molecule has 1 heterocycles. The Balaban J connectivity index is 1.84. The van der Waals surface area contributed by atoms with Gasteiger partial charge < -0.3 is 10.2 Å². The number of amides is 2. The molecule has 0 unspecified atom stereocenters. The van der Waals surface area contributed by atoms with Crippen LogP contribution in [0.3, 0.4) is 0 Å². The topological polar surface area (TPSA) is 49.4 Å². The number of nitrogens with zero attached hydrogens (tertiary/aromatic N) is 1. The second-order valence-electron chi connectivity index (χ2n) is 5.49. The molecule has 2 fully saturated rings. The summed E-state index contributed by atoms with van der Waals surface area (Å²) in [5, 5.41) is 2.64. The largest absolute Gasteiger partial charge is 0.347 e. The molecule has 4 nitrogen and oxygen atoms in total. The molecule has 0 atom stereocenters. The van der Waals surface area contributed by atoms with Crippen LogP contribution in [0.4, 0.5) is 0 Å². The molecule has 2 amide bonds. The summed E-state index contributed by atoms with van der Waals surface area (Å²) in [5.41, 5.74) is 0. The van der Waals surface area contributed by atoms with Crippen molar-refractivity contribution in [3.63, 3.8) is 0 Å². The highest BCUT2D eigenvalue weighted by Crippen LogP contribution is 2.28. The number of rotatable bonds is 2. The van der Waals surface area contributed by atoms with Crippen LogP contribution < -0.4 is 5.32 Å². The van der Waals surface area contributed by atoms with E-state index in [-0.39, 0.29) is 18.4 Å². The lowest BCUT2D eigenvalue weighted by molar-refractivity contribution is -0.130. The SMILES string of the molecule is CC1CCC(CN2CCC(=O)NCC2=O)CC1. The molecule has 17 heavy (non-hydrogen) atoms. The molecule has 1 N–H and O–H groups in total. The quantitative estimate of drug-likeness (QED) is 0.785. The van der Waals surface area contributed by atoms with E-state index >= 15 is 0 Å². The van der Waals surface area contributed by atoms with Crippen LogP contribution in [0.25, 0.3) is 0 Å². The van der Waals surface area contributed by atoms with Gasteiger partial charge in [-0.3, -0.25) is 9.59 Å². The average Bonchev–Trinajstić information content (AvgIpc) is 2.47. The van der Waals surface area contributed by atoms with Crippen molar-refractivity contribution in [1.82, 2.24) is 10.2 Å². The number of hydrogen-bond donors (Lipinski definition) is 1. The Kier molecular flexibility index (Phi) is 4.02. The minimum atomic E-state index is -0.00174. The van der Waals surface area contributed by atoms with E-state index in [2.05, 4.69) is 12.2 Å². The minimum absolute atomic E-state index is 0.00174. The standard InChI is InChI=1S/C13H22N2O2/c1-10-2-4-11(5-3-10)9-15-7-6-12(16)14-8-13(15)17/h10-11H,2-9H2,1H3,(H,14,16). The predicted octanol–water partition coefficient (Wildman–Crippen LogP) is 1.16. The smallest absolute Gasteiger partial charge is 0.241 e. The highest BCUT2D eigenvalue weighted by atomic mass is 16.2. The summed E-state index contributed by atoms with van der Waals surface area (Å²) in [6, 6.07) is 0. The van der Waals surface area contributed by atoms with Crippen LogP contribution in [0.1, 0.15) is 39.0 Å². The first-order valence-electron chi connectivity index (χ1n) is 6.69. The number of carbonyl (C=O) groups is 2. The Bertz CT molecular complexity index is 296. The maximum Gasteiger partial charge on any atom is 0.241 e. The first-order valence-corrected chi connectivity index (χ1v) is 6.69. The van der Waals surface area contributed by atoms with Gasteiger partial charge in [0.1, 0.15) is 0 Å². The zero-order valence-electron chi connectivity index (χ0n) is 10.6. The third-order valence-corrected chi connectivity index (χ3v) is 4.01. The van der Waals surface area contributed by atoms with Crippen LogP contribution in [-0.2, 0) is 9.59 Å². The molecular weight excluding hydrogens is 216 g/mol. The molecule has 96 valence electrons. The molecule has 0 radical (unpaired) electrons. The van der Waals surface area contributed by atoms with Gasteiger partial charge in [-0.2, -0.15) is 0 Å². The van der Waals surface area contributed by atoms with Crippen LogP contribution in [0, 0.1) is 11.8 Å². The minimum Gasteiger partial charge on any atom is -0.347 e. The molecule has 1 saturated carbocycles. The Labute approximate surface area is 103 Å². The molecule has 1 saturated heterocycles. The fourth-order valence-electron chi connectivity index (χ4n) is 2.75. The summed E-state index contributed by atoms with van der Waals surface area (Å²) in [5.74, 6) is 1.56. The van der Waals surface area contributed by atoms with E-state index in [9.17, 15) is 9.59 Å². The number of hydrogen-bond acceptors (Lipinski definition) is 2. The summed E-state index contributed by atoms with van der Waals surface area (Å²) < 4.78 is 0. The van der Waals surface area contributed by atoms with E-state index in [0.717, 1.165) is 12.5 Å². The van der Waals surface area contributed by atoms with Gasteiger partial charge in [0, 0.05) is 19.5 Å². The van der Waals surface area contributed by atoms with Crippen LogP contribution in [0.15, 0.2) is 0 Å². The Morgan fingerprint density at radius 1 is 1.24 bits per heavy atom. The molecule has 0 aromatic carbocycles. The van der Waals surface area contributed by atoms with Crippen LogP contribution in [-0.4, -0.2) is 36.3 Å². The molecule has 0 bridgehead atoms. The van der Waals surface area contributed by atoms with Gasteiger partial charge in [0.2, 0.25) is 11.8 Å². The third-order valence-electron chi connectivity index (χ3n) is 4.01. The Morgan fingerprint density at radius 3 is 2.65 bits per heavy atom. The molecule has 1 aliphatic heterocycles. The number of nitrogens with one attached hydrogen (secondary N) is 1. The lowest BCUT2D eigenvalue weighted by Gasteiger charge is -2.30. The van der Waals surface area contributed by atoms with Crippen molar-refractivity contribution >= 4 is 11.8 Å².